The zero-order valence-electron chi connectivity index (χ0n) is 31.1. The summed E-state index contributed by atoms with van der Waals surface area (Å²) in [7, 11) is 0. The molecule has 0 amide bonds. The Labute approximate surface area is 331 Å². The topological polar surface area (TPSA) is 12.5 Å². The molecule has 0 bridgehead atoms. The van der Waals surface area contributed by atoms with Gasteiger partial charge in [0, 0.05) is 33.8 Å². The third-order valence-electron chi connectivity index (χ3n) is 11.9. The van der Waals surface area contributed by atoms with Gasteiger partial charge in [0.1, 0.15) is 11.5 Å². The lowest BCUT2D eigenvalue weighted by molar-refractivity contribution is 0.487. The number of benzene rings is 9. The molecule has 0 fully saturated rings. The van der Waals surface area contributed by atoms with Crippen LogP contribution in [0, 0.1) is 5.92 Å². The number of hydrogen-bond donors (Lipinski definition) is 0. The van der Waals surface area contributed by atoms with Gasteiger partial charge in [0.15, 0.2) is 0 Å². The van der Waals surface area contributed by atoms with Gasteiger partial charge in [-0.2, -0.15) is 0 Å². The molecule has 9 aromatic rings. The van der Waals surface area contributed by atoms with E-state index in [4.69, 9.17) is 4.74 Å². The minimum absolute atomic E-state index is 0.321. The van der Waals surface area contributed by atoms with Crippen molar-refractivity contribution in [2.45, 2.75) is 0 Å². The van der Waals surface area contributed by atoms with Gasteiger partial charge < -0.3 is 9.64 Å². The third-order valence-corrected chi connectivity index (χ3v) is 11.9. The van der Waals surface area contributed by atoms with Gasteiger partial charge in [-0.3, -0.25) is 0 Å². The van der Waals surface area contributed by atoms with Crippen molar-refractivity contribution in [3.63, 3.8) is 0 Å². The van der Waals surface area contributed by atoms with Crippen LogP contribution in [0.15, 0.2) is 218 Å². The van der Waals surface area contributed by atoms with Gasteiger partial charge in [-0.25, -0.2) is 0 Å². The van der Waals surface area contributed by atoms with E-state index < -0.39 is 0 Å². The number of hydrogen-bond acceptors (Lipinski definition) is 2. The number of nitrogens with zero attached hydrogens (tertiary/aromatic N) is 1. The molecule has 57 heavy (non-hydrogen) atoms. The minimum Gasteiger partial charge on any atom is -0.456 e. The standard InChI is InChI=1S/C55H35NO/c1-3-18-44-35(11-1)13-8-21-46(44)37-25-28-42(29-26-37)56(43-17-7-15-38(32-43)47-22-9-14-36-12-2-4-19-45(36)47)55-48(30-27-39-33-50(39)55)41-31-40-16-10-24-53-54(40)51(34-41)49-20-5-6-23-52(49)57-53/h1-34,39H. The molecule has 2 nitrogen and oxygen atoms in total. The Bertz CT molecular complexity index is 3210. The van der Waals surface area contributed by atoms with E-state index in [-0.39, 0.29) is 0 Å². The van der Waals surface area contributed by atoms with Crippen molar-refractivity contribution >= 4 is 49.3 Å². The highest BCUT2D eigenvalue weighted by Crippen LogP contribution is 2.52. The molecule has 0 radical (unpaired) electrons. The summed E-state index contributed by atoms with van der Waals surface area (Å²) in [6.45, 7) is 0. The van der Waals surface area contributed by atoms with E-state index in [2.05, 4.69) is 205 Å². The van der Waals surface area contributed by atoms with Gasteiger partial charge in [0.25, 0.3) is 0 Å². The summed E-state index contributed by atoms with van der Waals surface area (Å²) in [6.07, 6.45) is 7.10. The average molecular weight is 726 g/mol. The number of allylic oxidation sites excluding steroid dienone is 5. The highest BCUT2D eigenvalue weighted by Gasteiger charge is 2.36. The zero-order valence-corrected chi connectivity index (χ0v) is 31.1. The average Bonchev–Trinajstić information content (AvgIpc) is 4.07. The molecular formula is C55H35NO. The Morgan fingerprint density at radius 1 is 0.421 bits per heavy atom. The van der Waals surface area contributed by atoms with Crippen LogP contribution in [-0.4, -0.2) is 0 Å². The van der Waals surface area contributed by atoms with Crippen LogP contribution >= 0.6 is 0 Å². The van der Waals surface area contributed by atoms with E-state index in [1.54, 1.807) is 0 Å². The maximum Gasteiger partial charge on any atom is 0.135 e. The molecule has 2 aliphatic carbocycles. The molecule has 1 heterocycles. The Balaban J connectivity index is 1.08. The predicted octanol–water partition coefficient (Wildman–Crippen LogP) is 14.9. The summed E-state index contributed by atoms with van der Waals surface area (Å²) in [4.78, 5) is 2.50. The Morgan fingerprint density at radius 3 is 1.86 bits per heavy atom. The summed E-state index contributed by atoms with van der Waals surface area (Å²) in [5.41, 5.74) is 14.4. The summed E-state index contributed by atoms with van der Waals surface area (Å²) in [6, 6.07) is 68.3. The maximum atomic E-state index is 6.43. The van der Waals surface area contributed by atoms with Crippen molar-refractivity contribution in [2.75, 3.05) is 4.90 Å². The molecule has 266 valence electrons. The van der Waals surface area contributed by atoms with Crippen LogP contribution in [0.1, 0.15) is 5.56 Å². The Morgan fingerprint density at radius 2 is 1.05 bits per heavy atom. The fourth-order valence-corrected chi connectivity index (χ4v) is 9.17. The minimum atomic E-state index is 0.321. The lowest BCUT2D eigenvalue weighted by Crippen LogP contribution is -2.19. The van der Waals surface area contributed by atoms with Gasteiger partial charge in [-0.15, -0.1) is 0 Å². The van der Waals surface area contributed by atoms with E-state index in [0.717, 1.165) is 33.8 Å². The fourth-order valence-electron chi connectivity index (χ4n) is 9.17. The second kappa shape index (κ2) is 12.6. The number of rotatable bonds is 6. The highest BCUT2D eigenvalue weighted by atomic mass is 16.5. The predicted molar refractivity (Wildman–Crippen MR) is 238 cm³/mol. The molecule has 3 aliphatic rings. The molecule has 12 rings (SSSR count). The number of fused-ring (bicyclic) bond motifs is 5. The van der Waals surface area contributed by atoms with Gasteiger partial charge >= 0.3 is 0 Å². The fraction of sp³-hybridized carbons (Fsp3) is 0.0182. The molecular weight excluding hydrogens is 691 g/mol. The number of ether oxygens (including phenoxy) is 1. The van der Waals surface area contributed by atoms with Crippen molar-refractivity contribution in [1.82, 2.24) is 0 Å². The number of anilines is 2. The van der Waals surface area contributed by atoms with E-state index in [1.165, 1.54) is 77.2 Å². The first-order chi connectivity index (χ1) is 28.2. The molecule has 2 heteroatoms. The normalized spacial score (nSPS) is 14.9. The third kappa shape index (κ3) is 5.18. The van der Waals surface area contributed by atoms with Crippen molar-refractivity contribution in [3.05, 3.63) is 223 Å². The quantitative estimate of drug-likeness (QED) is 0.169. The van der Waals surface area contributed by atoms with Gasteiger partial charge in [0.05, 0.1) is 5.70 Å². The van der Waals surface area contributed by atoms with Crippen LogP contribution in [0.25, 0.3) is 71.3 Å². The van der Waals surface area contributed by atoms with Gasteiger partial charge in [-0.05, 0) is 114 Å². The van der Waals surface area contributed by atoms with Crippen LogP contribution in [0.4, 0.5) is 11.4 Å². The summed E-state index contributed by atoms with van der Waals surface area (Å²) >= 11 is 0. The lowest BCUT2D eigenvalue weighted by Gasteiger charge is -2.32. The molecule has 0 saturated carbocycles. The molecule has 1 aliphatic heterocycles. The summed E-state index contributed by atoms with van der Waals surface area (Å²) in [5, 5.41) is 7.33. The van der Waals surface area contributed by atoms with E-state index in [0.29, 0.717) is 5.92 Å². The van der Waals surface area contributed by atoms with Gasteiger partial charge in [0.2, 0.25) is 0 Å². The molecule has 0 aromatic heterocycles. The van der Waals surface area contributed by atoms with Crippen molar-refractivity contribution in [1.29, 1.82) is 0 Å². The highest BCUT2D eigenvalue weighted by molar-refractivity contribution is 6.07. The van der Waals surface area contributed by atoms with E-state index >= 15 is 0 Å². The summed E-state index contributed by atoms with van der Waals surface area (Å²) < 4.78 is 6.43. The maximum absolute atomic E-state index is 6.43. The van der Waals surface area contributed by atoms with Crippen LogP contribution < -0.4 is 9.64 Å². The van der Waals surface area contributed by atoms with Crippen molar-refractivity contribution in [2.24, 2.45) is 5.92 Å². The van der Waals surface area contributed by atoms with Crippen LogP contribution in [0.2, 0.25) is 0 Å². The molecule has 9 aromatic carbocycles. The van der Waals surface area contributed by atoms with Gasteiger partial charge in [-0.1, -0.05) is 158 Å². The van der Waals surface area contributed by atoms with Crippen LogP contribution in [0.5, 0.6) is 11.5 Å². The van der Waals surface area contributed by atoms with E-state index in [1.807, 2.05) is 6.07 Å². The van der Waals surface area contributed by atoms with Crippen molar-refractivity contribution < 1.29 is 4.74 Å². The summed E-state index contributed by atoms with van der Waals surface area (Å²) in [5.74, 6) is 2.12. The molecule has 1 unspecified atom stereocenters. The van der Waals surface area contributed by atoms with Crippen molar-refractivity contribution in [3.8, 4) is 44.9 Å². The Kier molecular flexibility index (Phi) is 7.02. The van der Waals surface area contributed by atoms with E-state index in [9.17, 15) is 0 Å². The first kappa shape index (κ1) is 31.9. The van der Waals surface area contributed by atoms with Crippen LogP contribution in [-0.2, 0) is 0 Å². The zero-order chi connectivity index (χ0) is 37.5. The first-order valence-corrected chi connectivity index (χ1v) is 19.7. The molecule has 0 N–H and O–H groups in total. The second-order valence-electron chi connectivity index (χ2n) is 15.2. The SMILES string of the molecule is C1=CC2C=C2C(N(c2ccc(-c3cccc4ccccc34)cc2)c2cccc(-c3cccc4ccccc34)c2)=C1c1cc2c3c(cccc3c1)Oc1ccccc1-2. The molecule has 1 atom stereocenters. The monoisotopic (exact) mass is 725 g/mol. The Hall–Kier alpha value is -7.42. The largest absolute Gasteiger partial charge is 0.456 e. The first-order valence-electron chi connectivity index (χ1n) is 19.7. The smallest absolute Gasteiger partial charge is 0.135 e. The molecule has 0 spiro atoms. The lowest BCUT2D eigenvalue weighted by atomic mass is 9.88. The number of para-hydroxylation sites is 1. The second-order valence-corrected chi connectivity index (χ2v) is 15.2. The van der Waals surface area contributed by atoms with Crippen LogP contribution in [0.3, 0.4) is 0 Å². The molecule has 0 saturated heterocycles.